The summed E-state index contributed by atoms with van der Waals surface area (Å²) in [6.45, 7) is 0. The molecule has 2 aromatic carbocycles. The van der Waals surface area contributed by atoms with Gasteiger partial charge in [0, 0.05) is 28.1 Å². The lowest BCUT2D eigenvalue weighted by molar-refractivity contribution is 0.0681. The highest BCUT2D eigenvalue weighted by Gasteiger charge is 2.12. The van der Waals surface area contributed by atoms with E-state index in [1.54, 1.807) is 48.5 Å². The van der Waals surface area contributed by atoms with Crippen LogP contribution in [0.15, 0.2) is 79.1 Å². The molecule has 0 fully saturated rings. The SMILES string of the molecule is O.O=C(O)c1cc2ccccc2oc1=O.O=C(O)c1cc2ccccc2oc1=O.[Al]. The lowest BCUT2D eigenvalue weighted by Crippen LogP contribution is -2.12. The van der Waals surface area contributed by atoms with Gasteiger partial charge in [-0.15, -0.1) is 0 Å². The predicted molar refractivity (Wildman–Crippen MR) is 108 cm³/mol. The van der Waals surface area contributed by atoms with Crippen LogP contribution < -0.4 is 11.3 Å². The smallest absolute Gasteiger partial charge is 0.351 e. The first-order chi connectivity index (χ1) is 13.4. The van der Waals surface area contributed by atoms with Crippen molar-refractivity contribution in [3.63, 3.8) is 0 Å². The van der Waals surface area contributed by atoms with Crippen LogP contribution in [0.5, 0.6) is 0 Å². The van der Waals surface area contributed by atoms with Crippen LogP contribution in [0.3, 0.4) is 0 Å². The van der Waals surface area contributed by atoms with Crippen molar-refractivity contribution in [1.82, 2.24) is 0 Å². The van der Waals surface area contributed by atoms with Crippen LogP contribution in [0.4, 0.5) is 0 Å². The van der Waals surface area contributed by atoms with E-state index in [1.807, 2.05) is 0 Å². The molecule has 9 nitrogen and oxygen atoms in total. The van der Waals surface area contributed by atoms with Crippen molar-refractivity contribution in [3.05, 3.63) is 92.6 Å². The van der Waals surface area contributed by atoms with Crippen molar-refractivity contribution in [1.29, 1.82) is 0 Å². The molecule has 0 saturated heterocycles. The molecule has 0 atom stereocenters. The predicted octanol–water partition coefficient (Wildman–Crippen LogP) is 1.78. The molecule has 2 aromatic heterocycles. The van der Waals surface area contributed by atoms with Gasteiger partial charge in [0.15, 0.2) is 0 Å². The summed E-state index contributed by atoms with van der Waals surface area (Å²) in [5.41, 5.74) is -1.55. The Hall–Kier alpha value is -3.71. The number of aromatic carboxylic acids is 2. The van der Waals surface area contributed by atoms with E-state index >= 15 is 0 Å². The van der Waals surface area contributed by atoms with Gasteiger partial charge in [0.05, 0.1) is 0 Å². The number of rotatable bonds is 2. The fourth-order valence-corrected chi connectivity index (χ4v) is 2.42. The van der Waals surface area contributed by atoms with Crippen molar-refractivity contribution >= 4 is 51.2 Å². The van der Waals surface area contributed by atoms with Gasteiger partial charge in [-0.3, -0.25) is 0 Å². The van der Waals surface area contributed by atoms with Crippen LogP contribution >= 0.6 is 0 Å². The van der Waals surface area contributed by atoms with Gasteiger partial charge >= 0.3 is 23.2 Å². The third-order valence-electron chi connectivity index (χ3n) is 3.74. The first-order valence-electron chi connectivity index (χ1n) is 7.89. The molecule has 0 spiro atoms. The monoisotopic (exact) mass is 425 g/mol. The van der Waals surface area contributed by atoms with Gasteiger partial charge in [0.1, 0.15) is 22.3 Å². The van der Waals surface area contributed by atoms with Crippen molar-refractivity contribution in [2.24, 2.45) is 0 Å². The lowest BCUT2D eigenvalue weighted by atomic mass is 10.2. The zero-order chi connectivity index (χ0) is 20.3. The Morgan fingerprint density at radius 3 is 1.33 bits per heavy atom. The summed E-state index contributed by atoms with van der Waals surface area (Å²) >= 11 is 0. The molecule has 4 rings (SSSR count). The first kappa shape index (κ1) is 24.3. The molecule has 4 N–H and O–H groups in total. The average molecular weight is 425 g/mol. The molecule has 0 aliphatic heterocycles. The molecule has 0 saturated carbocycles. The van der Waals surface area contributed by atoms with Crippen molar-refractivity contribution < 1.29 is 34.1 Å². The second-order valence-electron chi connectivity index (χ2n) is 5.58. The highest BCUT2D eigenvalue weighted by atomic mass is 27.0. The molecule has 0 aliphatic rings. The highest BCUT2D eigenvalue weighted by molar-refractivity contribution is 5.92. The molecule has 0 bridgehead atoms. The van der Waals surface area contributed by atoms with E-state index in [4.69, 9.17) is 19.0 Å². The van der Waals surface area contributed by atoms with Gasteiger partial charge in [-0.05, 0) is 24.3 Å². The van der Waals surface area contributed by atoms with Crippen molar-refractivity contribution in [2.45, 2.75) is 0 Å². The molecule has 151 valence electrons. The zero-order valence-corrected chi connectivity index (χ0v) is 16.3. The minimum atomic E-state index is -1.27. The number of para-hydroxylation sites is 2. The van der Waals surface area contributed by atoms with Crippen molar-refractivity contribution in [3.8, 4) is 0 Å². The standard InChI is InChI=1S/2C10H6O4.Al.H2O/c2*11-9(12)7-5-6-3-1-2-4-8(6)14-10(7)13;;/h2*1-5H,(H,11,12);;1H2. The molecule has 0 aliphatic carbocycles. The first-order valence-corrected chi connectivity index (χ1v) is 7.89. The van der Waals surface area contributed by atoms with Gasteiger partial charge < -0.3 is 24.5 Å². The fraction of sp³-hybridized carbons (Fsp3) is 0. The molecular weight excluding hydrogens is 411 g/mol. The van der Waals surface area contributed by atoms with Crippen LogP contribution in [0, 0.1) is 0 Å². The summed E-state index contributed by atoms with van der Waals surface area (Å²) < 4.78 is 9.64. The maximum atomic E-state index is 11.1. The molecule has 3 radical (unpaired) electrons. The Labute approximate surface area is 178 Å². The van der Waals surface area contributed by atoms with Crippen LogP contribution in [0.25, 0.3) is 21.9 Å². The second-order valence-corrected chi connectivity index (χ2v) is 5.58. The summed E-state index contributed by atoms with van der Waals surface area (Å²) in [5.74, 6) is -2.55. The molecule has 4 aromatic rings. The molecule has 30 heavy (non-hydrogen) atoms. The summed E-state index contributed by atoms with van der Waals surface area (Å²) in [4.78, 5) is 43.5. The van der Waals surface area contributed by atoms with E-state index in [0.717, 1.165) is 0 Å². The van der Waals surface area contributed by atoms with E-state index in [1.165, 1.54) is 12.1 Å². The average Bonchev–Trinajstić information content (AvgIpc) is 2.67. The number of carboxylic acid groups (broad SMARTS) is 2. The number of hydrogen-bond donors (Lipinski definition) is 2. The minimum Gasteiger partial charge on any atom is -0.477 e. The van der Waals surface area contributed by atoms with E-state index in [0.29, 0.717) is 21.9 Å². The summed E-state index contributed by atoms with van der Waals surface area (Å²) in [7, 11) is 0. The molecule has 10 heteroatoms. The minimum absolute atomic E-state index is 0. The van der Waals surface area contributed by atoms with Gasteiger partial charge in [-0.2, -0.15) is 0 Å². The Bertz CT molecular complexity index is 1220. The van der Waals surface area contributed by atoms with Gasteiger partial charge in [-0.25, -0.2) is 19.2 Å². The Kier molecular flexibility index (Phi) is 8.26. The quantitative estimate of drug-likeness (QED) is 0.362. The third kappa shape index (κ3) is 5.21. The normalized spacial score (nSPS) is 9.60. The Morgan fingerprint density at radius 1 is 0.667 bits per heavy atom. The van der Waals surface area contributed by atoms with Gasteiger partial charge in [0.2, 0.25) is 0 Å². The topological polar surface area (TPSA) is 167 Å². The third-order valence-corrected chi connectivity index (χ3v) is 3.74. The zero-order valence-electron chi connectivity index (χ0n) is 15.2. The van der Waals surface area contributed by atoms with E-state index in [9.17, 15) is 19.2 Å². The van der Waals surface area contributed by atoms with Crippen LogP contribution in [-0.4, -0.2) is 45.0 Å². The van der Waals surface area contributed by atoms with E-state index in [2.05, 4.69) is 0 Å². The maximum Gasteiger partial charge on any atom is 0.351 e. The summed E-state index contributed by atoms with van der Waals surface area (Å²) in [6.07, 6.45) is 0. The number of fused-ring (bicyclic) bond motifs is 2. The van der Waals surface area contributed by atoms with Crippen LogP contribution in [-0.2, 0) is 0 Å². The molecule has 0 amide bonds. The van der Waals surface area contributed by atoms with Gasteiger partial charge in [-0.1, -0.05) is 36.4 Å². The number of carboxylic acids is 2. The van der Waals surface area contributed by atoms with Crippen molar-refractivity contribution in [2.75, 3.05) is 0 Å². The summed E-state index contributed by atoms with van der Waals surface area (Å²) in [6, 6.07) is 16.1. The largest absolute Gasteiger partial charge is 0.477 e. The van der Waals surface area contributed by atoms with E-state index < -0.39 is 23.2 Å². The van der Waals surface area contributed by atoms with Gasteiger partial charge in [0.25, 0.3) is 0 Å². The maximum absolute atomic E-state index is 11.1. The van der Waals surface area contributed by atoms with Crippen LogP contribution in [0.2, 0.25) is 0 Å². The highest BCUT2D eigenvalue weighted by Crippen LogP contribution is 2.13. The number of carbonyl (C=O) groups is 2. The molecular formula is C20H14AlO9. The fourth-order valence-electron chi connectivity index (χ4n) is 2.42. The summed E-state index contributed by atoms with van der Waals surface area (Å²) in [5, 5.41) is 18.5. The number of benzene rings is 2. The lowest BCUT2D eigenvalue weighted by Gasteiger charge is -1.96. The molecule has 2 heterocycles. The Morgan fingerprint density at radius 2 is 1.00 bits per heavy atom. The number of hydrogen-bond acceptors (Lipinski definition) is 6. The van der Waals surface area contributed by atoms with E-state index in [-0.39, 0.29) is 34.0 Å². The Balaban J connectivity index is 0.000000281. The molecule has 0 unspecified atom stereocenters. The van der Waals surface area contributed by atoms with Crippen LogP contribution in [0.1, 0.15) is 20.7 Å². The second kappa shape index (κ2) is 10.2.